The molecule has 3 aromatic carbocycles. The summed E-state index contributed by atoms with van der Waals surface area (Å²) < 4.78 is 22.7. The van der Waals surface area contributed by atoms with Crippen LogP contribution >= 0.6 is 23.8 Å². The number of thiocarbonyl (C=S) groups is 1. The van der Waals surface area contributed by atoms with E-state index in [0.29, 0.717) is 60.7 Å². The van der Waals surface area contributed by atoms with E-state index in [1.54, 1.807) is 29.3 Å². The van der Waals surface area contributed by atoms with Gasteiger partial charge in [0, 0.05) is 50.6 Å². The number of aliphatic hydroxyl groups excluding tert-OH is 1. The molecule has 2 fully saturated rings. The lowest BCUT2D eigenvalue weighted by molar-refractivity contribution is -0.144. The Bertz CT molecular complexity index is 2400. The van der Waals surface area contributed by atoms with Crippen molar-refractivity contribution < 1.29 is 42.9 Å². The molecule has 0 radical (unpaired) electrons. The zero-order valence-electron chi connectivity index (χ0n) is 38.5. The molecular weight excluding hydrogens is 898 g/mol. The molecule has 2 aliphatic rings. The second-order valence-corrected chi connectivity index (χ2v) is 18.8. The first kappa shape index (κ1) is 50.5. The number of aliphatic hydroxyl groups is 1. The summed E-state index contributed by atoms with van der Waals surface area (Å²) in [7, 11) is 0. The molecule has 18 heteroatoms. The van der Waals surface area contributed by atoms with E-state index < -0.39 is 41.0 Å². The number of hydrogen-bond donors (Lipinski definition) is 3. The SMILES string of the molecule is CC(C)(C)[C@H](NC(=O)COCCCOCCCCCOc1ccc(N2C(=S)N(c3ccc(C#N)c(Cl)c3)C(=O)C2(C)C)cc1)C(=O)N1C[C@H](O)C[C@H]1C(=O)NCc1ccc(-c2cnco2)cc1. The summed E-state index contributed by atoms with van der Waals surface area (Å²) in [5.41, 5.74) is 1.58. The molecule has 1 aromatic heterocycles. The minimum absolute atomic E-state index is 0.0228. The van der Waals surface area contributed by atoms with Crippen molar-refractivity contribution in [3.63, 3.8) is 0 Å². The predicted octanol–water partition coefficient (Wildman–Crippen LogP) is 6.56. The van der Waals surface area contributed by atoms with Crippen molar-refractivity contribution in [1.29, 1.82) is 5.26 Å². The van der Waals surface area contributed by atoms with E-state index in [0.717, 1.165) is 36.1 Å². The standard InChI is InChI=1S/C49H58ClN7O9S/c1-48(2,3)43(45(61)55-29-37(58)25-40(55)44(60)53-27-32-10-12-33(13-11-32)41-28-52-31-66-41)54-42(59)30-64-22-9-21-63-20-7-6-8-23-65-38-18-16-35(17-19-38)57-47(67)56(46(62)49(57,4)5)36-15-14-34(26-51)39(50)24-36/h10-19,24,28,31,37,40,43,58H,6-9,20-23,25,27,29-30H2,1-5H3,(H,53,60)(H,54,59)/t37-,40+,43-/m1/s1. The highest BCUT2D eigenvalue weighted by Crippen LogP contribution is 2.38. The quantitative estimate of drug-likeness (QED) is 0.0600. The molecule has 0 saturated carbocycles. The molecule has 16 nitrogen and oxygen atoms in total. The molecule has 0 unspecified atom stereocenters. The summed E-state index contributed by atoms with van der Waals surface area (Å²) in [6.45, 7) is 10.9. The van der Waals surface area contributed by atoms with E-state index in [4.69, 9.17) is 42.4 Å². The third-order valence-corrected chi connectivity index (χ3v) is 12.2. The first-order chi connectivity index (χ1) is 32.0. The van der Waals surface area contributed by atoms with Crippen LogP contribution in [0.5, 0.6) is 5.75 Å². The molecule has 356 valence electrons. The van der Waals surface area contributed by atoms with Crippen LogP contribution in [0.4, 0.5) is 11.4 Å². The Kier molecular flexibility index (Phi) is 17.1. The Balaban J connectivity index is 0.838. The molecule has 67 heavy (non-hydrogen) atoms. The maximum atomic E-state index is 13.9. The number of nitrogens with zero attached hydrogens (tertiary/aromatic N) is 5. The Morgan fingerprint density at radius 1 is 0.985 bits per heavy atom. The van der Waals surface area contributed by atoms with Crippen molar-refractivity contribution in [3.05, 3.63) is 95.5 Å². The number of carbonyl (C=O) groups is 4. The van der Waals surface area contributed by atoms with Gasteiger partial charge < -0.3 is 44.2 Å². The summed E-state index contributed by atoms with van der Waals surface area (Å²) in [4.78, 5) is 62.3. The molecule has 3 N–H and O–H groups in total. The van der Waals surface area contributed by atoms with Gasteiger partial charge in [-0.05, 0) is 105 Å². The van der Waals surface area contributed by atoms with Gasteiger partial charge in [0.15, 0.2) is 17.3 Å². The van der Waals surface area contributed by atoms with Gasteiger partial charge in [-0.15, -0.1) is 0 Å². The number of β-amino-alcohol motifs (C(OH)–C–C–N with tert-alkyl or cyclic N) is 1. The van der Waals surface area contributed by atoms with Gasteiger partial charge in [-0.3, -0.25) is 24.1 Å². The first-order valence-electron chi connectivity index (χ1n) is 22.3. The number of amides is 4. The van der Waals surface area contributed by atoms with Crippen LogP contribution in [-0.4, -0.2) is 107 Å². The maximum absolute atomic E-state index is 13.9. The molecular formula is C49H58ClN7O9S. The highest BCUT2D eigenvalue weighted by molar-refractivity contribution is 7.81. The third-order valence-electron chi connectivity index (χ3n) is 11.5. The molecule has 0 aliphatic carbocycles. The average Bonchev–Trinajstić information content (AvgIpc) is 4.02. The fourth-order valence-corrected chi connectivity index (χ4v) is 8.60. The summed E-state index contributed by atoms with van der Waals surface area (Å²) >= 11 is 12.0. The normalized spacial score (nSPS) is 17.4. The summed E-state index contributed by atoms with van der Waals surface area (Å²) in [6.07, 6.45) is 5.34. The van der Waals surface area contributed by atoms with Crippen molar-refractivity contribution in [3.8, 4) is 23.1 Å². The molecule has 0 bridgehead atoms. The van der Waals surface area contributed by atoms with Crippen molar-refractivity contribution in [2.75, 3.05) is 49.4 Å². The summed E-state index contributed by atoms with van der Waals surface area (Å²) in [5.74, 6) is -0.185. The van der Waals surface area contributed by atoms with Crippen LogP contribution < -0.4 is 25.2 Å². The molecule has 2 saturated heterocycles. The summed E-state index contributed by atoms with van der Waals surface area (Å²) in [5, 5.41) is 26.0. The molecule has 6 rings (SSSR count). The fourth-order valence-electron chi connectivity index (χ4n) is 7.86. The number of nitriles is 1. The first-order valence-corrected chi connectivity index (χ1v) is 23.1. The van der Waals surface area contributed by atoms with Crippen molar-refractivity contribution in [2.24, 2.45) is 5.41 Å². The number of likely N-dealkylation sites (tertiary alicyclic amines) is 1. The Hall–Kier alpha value is -5.90. The Morgan fingerprint density at radius 2 is 1.67 bits per heavy atom. The Morgan fingerprint density at radius 3 is 2.34 bits per heavy atom. The number of rotatable bonds is 21. The number of ether oxygens (including phenoxy) is 3. The van der Waals surface area contributed by atoms with Crippen LogP contribution in [-0.2, 0) is 35.2 Å². The second kappa shape index (κ2) is 22.7. The molecule has 4 amide bonds. The lowest BCUT2D eigenvalue weighted by Crippen LogP contribution is -2.58. The molecule has 0 spiro atoms. The number of oxazole rings is 1. The molecule has 3 heterocycles. The predicted molar refractivity (Wildman–Crippen MR) is 256 cm³/mol. The van der Waals surface area contributed by atoms with E-state index in [1.165, 1.54) is 16.2 Å². The maximum Gasteiger partial charge on any atom is 0.259 e. The largest absolute Gasteiger partial charge is 0.494 e. The van der Waals surface area contributed by atoms with E-state index >= 15 is 0 Å². The molecule has 4 aromatic rings. The van der Waals surface area contributed by atoms with Crippen LogP contribution in [0.3, 0.4) is 0 Å². The van der Waals surface area contributed by atoms with Gasteiger partial charge in [0.2, 0.25) is 17.7 Å². The lowest BCUT2D eigenvalue weighted by Gasteiger charge is -2.35. The topological polar surface area (TPSA) is 200 Å². The van der Waals surface area contributed by atoms with E-state index in [9.17, 15) is 29.5 Å². The minimum atomic E-state index is -0.961. The van der Waals surface area contributed by atoms with Crippen molar-refractivity contribution in [2.45, 2.75) is 97.0 Å². The monoisotopic (exact) mass is 955 g/mol. The van der Waals surface area contributed by atoms with E-state index in [2.05, 4.69) is 15.6 Å². The van der Waals surface area contributed by atoms with Crippen LogP contribution in [0.1, 0.15) is 77.8 Å². The highest BCUT2D eigenvalue weighted by Gasteiger charge is 2.50. The molecule has 2 aliphatic heterocycles. The number of unbranched alkanes of at least 4 members (excludes halogenated alkanes) is 2. The van der Waals surface area contributed by atoms with Gasteiger partial charge in [0.25, 0.3) is 5.91 Å². The Labute approximate surface area is 401 Å². The van der Waals surface area contributed by atoms with Gasteiger partial charge in [0.05, 0.1) is 35.2 Å². The van der Waals surface area contributed by atoms with Gasteiger partial charge >= 0.3 is 0 Å². The van der Waals surface area contributed by atoms with Crippen molar-refractivity contribution >= 4 is 63.9 Å². The highest BCUT2D eigenvalue weighted by atomic mass is 35.5. The van der Waals surface area contributed by atoms with Crippen molar-refractivity contribution in [1.82, 2.24) is 20.5 Å². The zero-order chi connectivity index (χ0) is 48.3. The smallest absolute Gasteiger partial charge is 0.259 e. The lowest BCUT2D eigenvalue weighted by atomic mass is 9.85. The van der Waals surface area contributed by atoms with Crippen LogP contribution in [0.2, 0.25) is 5.02 Å². The number of aromatic nitrogens is 1. The van der Waals surface area contributed by atoms with Crippen LogP contribution in [0, 0.1) is 16.7 Å². The number of hydrogen-bond acceptors (Lipinski definition) is 12. The molecule has 3 atom stereocenters. The third kappa shape index (κ3) is 12.8. The number of nitrogens with one attached hydrogen (secondary N) is 2. The van der Waals surface area contributed by atoms with Crippen LogP contribution in [0.15, 0.2) is 83.7 Å². The van der Waals surface area contributed by atoms with Gasteiger partial charge in [-0.1, -0.05) is 56.6 Å². The van der Waals surface area contributed by atoms with Gasteiger partial charge in [-0.2, -0.15) is 5.26 Å². The van der Waals surface area contributed by atoms with E-state index in [-0.39, 0.29) is 43.0 Å². The van der Waals surface area contributed by atoms with E-state index in [1.807, 2.05) is 89.2 Å². The number of halogens is 1. The van der Waals surface area contributed by atoms with Gasteiger partial charge in [0.1, 0.15) is 36.0 Å². The average molecular weight is 957 g/mol. The number of anilines is 2. The van der Waals surface area contributed by atoms with Crippen LogP contribution in [0.25, 0.3) is 11.3 Å². The summed E-state index contributed by atoms with van der Waals surface area (Å²) in [6, 6.07) is 19.9. The fraction of sp³-hybridized carbons (Fsp3) is 0.449. The second-order valence-electron chi connectivity index (χ2n) is 18.1. The zero-order valence-corrected chi connectivity index (χ0v) is 40.0. The number of benzene rings is 3. The number of carbonyl (C=O) groups excluding carboxylic acids is 4. The minimum Gasteiger partial charge on any atom is -0.494 e. The van der Waals surface area contributed by atoms with Gasteiger partial charge in [-0.25, -0.2) is 4.98 Å².